The van der Waals surface area contributed by atoms with Crippen LogP contribution in [-0.2, 0) is 14.4 Å². The molecule has 3 fully saturated rings. The molecule has 0 aromatic heterocycles. The van der Waals surface area contributed by atoms with Gasteiger partial charge < -0.3 is 16.0 Å². The summed E-state index contributed by atoms with van der Waals surface area (Å²) in [5, 5.41) is 3.60. The van der Waals surface area contributed by atoms with Gasteiger partial charge in [0.05, 0.1) is 0 Å². The first-order valence-electron chi connectivity index (χ1n) is 9.39. The third-order valence-corrected chi connectivity index (χ3v) is 5.75. The first-order valence-corrected chi connectivity index (χ1v) is 9.39. The predicted molar refractivity (Wildman–Crippen MR) is 92.3 cm³/mol. The molecule has 4 N–H and O–H groups in total. The summed E-state index contributed by atoms with van der Waals surface area (Å²) in [5.74, 6) is -1.06. The molecule has 0 bridgehead atoms. The molecule has 1 aliphatic carbocycles. The second kappa shape index (κ2) is 7.61. The van der Waals surface area contributed by atoms with Crippen molar-refractivity contribution in [3.05, 3.63) is 0 Å². The van der Waals surface area contributed by atoms with Gasteiger partial charge in [-0.25, -0.2) is 4.79 Å². The number of hydrogen-bond acceptors (Lipinski definition) is 5. The first kappa shape index (κ1) is 18.6. The molecule has 0 unspecified atom stereocenters. The molecule has 0 aromatic rings. The topological polar surface area (TPSA) is 125 Å². The molecule has 26 heavy (non-hydrogen) atoms. The van der Waals surface area contributed by atoms with E-state index >= 15 is 0 Å². The molecule has 9 nitrogen and oxygen atoms in total. The quantitative estimate of drug-likeness (QED) is 0.585. The van der Waals surface area contributed by atoms with Crippen LogP contribution in [0.15, 0.2) is 0 Å². The maximum absolute atomic E-state index is 12.6. The predicted octanol–water partition coefficient (Wildman–Crippen LogP) is -0.140. The molecule has 2 saturated heterocycles. The Bertz CT molecular complexity index is 594. The molecule has 5 amide bonds. The lowest BCUT2D eigenvalue weighted by Crippen LogP contribution is -2.51. The van der Waals surface area contributed by atoms with E-state index in [-0.39, 0.29) is 30.1 Å². The zero-order valence-corrected chi connectivity index (χ0v) is 15.0. The lowest BCUT2D eigenvalue weighted by atomic mass is 9.82. The molecular formula is C17H27N5O4. The molecule has 1 saturated carbocycles. The van der Waals surface area contributed by atoms with Gasteiger partial charge in [0.2, 0.25) is 11.8 Å². The van der Waals surface area contributed by atoms with E-state index in [9.17, 15) is 19.2 Å². The third-order valence-electron chi connectivity index (χ3n) is 5.75. The van der Waals surface area contributed by atoms with Gasteiger partial charge in [-0.05, 0) is 38.8 Å². The van der Waals surface area contributed by atoms with E-state index in [1.807, 2.05) is 0 Å². The van der Waals surface area contributed by atoms with Crippen LogP contribution in [0, 0.1) is 5.92 Å². The standard InChI is InChI=1S/C17H27N5O4/c18-14(24)12-4-9-21(10-5-12)11-6-13(23)20-22-15(25)17(19-16(22)26)7-2-1-3-8-17/h12H,1-11H2,(H2,18,24)(H,19,26)(H,20,23). The van der Waals surface area contributed by atoms with Crippen molar-refractivity contribution in [1.29, 1.82) is 0 Å². The molecule has 2 heterocycles. The number of hydrogen-bond donors (Lipinski definition) is 3. The van der Waals surface area contributed by atoms with Crippen molar-refractivity contribution in [2.75, 3.05) is 19.6 Å². The number of imide groups is 1. The number of urea groups is 1. The normalized spacial score (nSPS) is 23.9. The van der Waals surface area contributed by atoms with Crippen molar-refractivity contribution in [2.45, 2.75) is 56.9 Å². The van der Waals surface area contributed by atoms with Crippen LogP contribution >= 0.6 is 0 Å². The van der Waals surface area contributed by atoms with Gasteiger partial charge >= 0.3 is 6.03 Å². The second-order valence-corrected chi connectivity index (χ2v) is 7.52. The SMILES string of the molecule is NC(=O)C1CCN(CCC(=O)NN2C(=O)NC3(CCCCC3)C2=O)CC1. The number of hydrazine groups is 1. The molecule has 1 spiro atoms. The number of amides is 5. The summed E-state index contributed by atoms with van der Waals surface area (Å²) >= 11 is 0. The highest BCUT2D eigenvalue weighted by Crippen LogP contribution is 2.33. The highest BCUT2D eigenvalue weighted by Gasteiger charge is 2.52. The Labute approximate surface area is 152 Å². The van der Waals surface area contributed by atoms with Gasteiger partial charge in [0.15, 0.2) is 0 Å². The minimum absolute atomic E-state index is 0.0855. The van der Waals surface area contributed by atoms with Gasteiger partial charge in [-0.15, -0.1) is 0 Å². The maximum Gasteiger partial charge on any atom is 0.344 e. The molecule has 0 aromatic carbocycles. The maximum atomic E-state index is 12.6. The summed E-state index contributed by atoms with van der Waals surface area (Å²) in [6, 6.07) is -0.549. The summed E-state index contributed by atoms with van der Waals surface area (Å²) in [5.41, 5.74) is 6.93. The van der Waals surface area contributed by atoms with Crippen LogP contribution in [0.3, 0.4) is 0 Å². The van der Waals surface area contributed by atoms with Crippen molar-refractivity contribution in [1.82, 2.24) is 20.7 Å². The van der Waals surface area contributed by atoms with Gasteiger partial charge in [0.25, 0.3) is 5.91 Å². The van der Waals surface area contributed by atoms with E-state index in [1.54, 1.807) is 0 Å². The van der Waals surface area contributed by atoms with E-state index in [4.69, 9.17) is 5.73 Å². The molecule has 144 valence electrons. The minimum Gasteiger partial charge on any atom is -0.369 e. The number of nitrogens with zero attached hydrogens (tertiary/aromatic N) is 2. The summed E-state index contributed by atoms with van der Waals surface area (Å²) in [6.07, 6.45) is 5.69. The largest absolute Gasteiger partial charge is 0.369 e. The number of nitrogens with two attached hydrogens (primary N) is 1. The van der Waals surface area contributed by atoms with Crippen LogP contribution in [-0.4, -0.2) is 58.8 Å². The highest BCUT2D eigenvalue weighted by molar-refractivity contribution is 6.08. The van der Waals surface area contributed by atoms with Gasteiger partial charge in [-0.2, -0.15) is 5.01 Å². The monoisotopic (exact) mass is 365 g/mol. The Balaban J connectivity index is 1.46. The Hall–Kier alpha value is -2.16. The third kappa shape index (κ3) is 3.82. The smallest absolute Gasteiger partial charge is 0.344 e. The number of carbonyl (C=O) groups is 4. The number of likely N-dealkylation sites (tertiary alicyclic amines) is 1. The number of carbonyl (C=O) groups excluding carboxylic acids is 4. The van der Waals surface area contributed by atoms with Crippen LogP contribution < -0.4 is 16.5 Å². The van der Waals surface area contributed by atoms with E-state index in [0.29, 0.717) is 45.3 Å². The summed E-state index contributed by atoms with van der Waals surface area (Å²) in [4.78, 5) is 50.2. The molecule has 0 radical (unpaired) electrons. The zero-order chi connectivity index (χ0) is 18.7. The Morgan fingerprint density at radius 1 is 1.15 bits per heavy atom. The van der Waals surface area contributed by atoms with E-state index in [1.165, 1.54) is 0 Å². The minimum atomic E-state index is -0.834. The van der Waals surface area contributed by atoms with Gasteiger partial charge in [-0.1, -0.05) is 19.3 Å². The number of piperidine rings is 1. The zero-order valence-electron chi connectivity index (χ0n) is 15.0. The summed E-state index contributed by atoms with van der Waals surface area (Å²) < 4.78 is 0. The summed E-state index contributed by atoms with van der Waals surface area (Å²) in [6.45, 7) is 1.95. The van der Waals surface area contributed by atoms with Gasteiger partial charge in [-0.3, -0.25) is 19.8 Å². The van der Waals surface area contributed by atoms with E-state index in [0.717, 1.165) is 24.3 Å². The molecule has 2 aliphatic heterocycles. The second-order valence-electron chi connectivity index (χ2n) is 7.52. The lowest BCUT2D eigenvalue weighted by Gasteiger charge is -2.30. The van der Waals surface area contributed by atoms with Crippen LogP contribution in [0.4, 0.5) is 4.79 Å². The van der Waals surface area contributed by atoms with Crippen LogP contribution in [0.25, 0.3) is 0 Å². The molecule has 0 atom stereocenters. The van der Waals surface area contributed by atoms with Crippen LogP contribution in [0.5, 0.6) is 0 Å². The van der Waals surface area contributed by atoms with E-state index in [2.05, 4.69) is 15.6 Å². The average molecular weight is 365 g/mol. The fraction of sp³-hybridized carbons (Fsp3) is 0.765. The Kier molecular flexibility index (Phi) is 5.45. The molecule has 3 rings (SSSR count). The lowest BCUT2D eigenvalue weighted by molar-refractivity contribution is -0.140. The number of nitrogens with one attached hydrogen (secondary N) is 2. The molecule has 9 heteroatoms. The number of rotatable bonds is 5. The Morgan fingerprint density at radius 2 is 1.81 bits per heavy atom. The fourth-order valence-corrected chi connectivity index (χ4v) is 4.10. The van der Waals surface area contributed by atoms with Crippen molar-refractivity contribution in [3.63, 3.8) is 0 Å². The van der Waals surface area contributed by atoms with Crippen molar-refractivity contribution in [3.8, 4) is 0 Å². The fourth-order valence-electron chi connectivity index (χ4n) is 4.10. The Morgan fingerprint density at radius 3 is 2.42 bits per heavy atom. The van der Waals surface area contributed by atoms with Crippen molar-refractivity contribution in [2.24, 2.45) is 11.7 Å². The van der Waals surface area contributed by atoms with Crippen LogP contribution in [0.2, 0.25) is 0 Å². The number of primary amides is 1. The van der Waals surface area contributed by atoms with Crippen molar-refractivity contribution < 1.29 is 19.2 Å². The molecule has 3 aliphatic rings. The molecular weight excluding hydrogens is 338 g/mol. The first-order chi connectivity index (χ1) is 12.4. The van der Waals surface area contributed by atoms with Crippen LogP contribution in [0.1, 0.15) is 51.4 Å². The van der Waals surface area contributed by atoms with Crippen molar-refractivity contribution >= 4 is 23.8 Å². The average Bonchev–Trinajstić information content (AvgIpc) is 2.85. The van der Waals surface area contributed by atoms with Gasteiger partial charge in [0.1, 0.15) is 5.54 Å². The van der Waals surface area contributed by atoms with E-state index < -0.39 is 11.6 Å². The summed E-state index contributed by atoms with van der Waals surface area (Å²) in [7, 11) is 0. The highest BCUT2D eigenvalue weighted by atomic mass is 16.2. The van der Waals surface area contributed by atoms with Gasteiger partial charge in [0, 0.05) is 18.9 Å².